The first-order valence-corrected chi connectivity index (χ1v) is 23.6. The number of esters is 1. The molecule has 17 nitrogen and oxygen atoms in total. The Balaban J connectivity index is 2.17. The largest absolute Gasteiger partial charge is 0.479 e. The van der Waals surface area contributed by atoms with E-state index in [2.05, 4.69) is 10.6 Å². The molecule has 0 bridgehead atoms. The summed E-state index contributed by atoms with van der Waals surface area (Å²) in [5, 5.41) is 24.0. The summed E-state index contributed by atoms with van der Waals surface area (Å²) in [7, 11) is 5.10. The number of aromatic nitrogens is 1. The Hall–Kier alpha value is -6.64. The first-order valence-electron chi connectivity index (χ1n) is 23.6. The molecule has 0 fully saturated rings. The quantitative estimate of drug-likeness (QED) is 0.0544. The molecule has 73 heavy (non-hydrogen) atoms. The average molecular weight is 1030 g/mol. The number of likely N-dealkylation sites (N-methyl/N-ethyl adjacent to an activating group) is 3. The minimum atomic E-state index is -5.22. The topological polar surface area (TPSA) is 237 Å². The molecule has 24 heteroatoms. The highest BCUT2D eigenvalue weighted by atomic mass is 19.4. The molecule has 1 heterocycles. The second-order valence-corrected chi connectivity index (χ2v) is 19.1. The van der Waals surface area contributed by atoms with Gasteiger partial charge in [-0.05, 0) is 55.2 Å². The lowest BCUT2D eigenvalue weighted by molar-refractivity contribution is -0.172. The van der Waals surface area contributed by atoms with Crippen LogP contribution in [0.1, 0.15) is 84.3 Å². The van der Waals surface area contributed by atoms with Crippen LogP contribution in [0.25, 0.3) is 10.9 Å². The molecule has 400 valence electrons. The van der Waals surface area contributed by atoms with E-state index in [4.69, 9.17) is 15.7 Å². The van der Waals surface area contributed by atoms with Crippen molar-refractivity contribution in [3.05, 3.63) is 65.9 Å². The van der Waals surface area contributed by atoms with Gasteiger partial charge in [0.05, 0.1) is 6.07 Å². The molecule has 0 aliphatic rings. The molecule has 0 aliphatic heterocycles. The second-order valence-electron chi connectivity index (χ2n) is 19.1. The van der Waals surface area contributed by atoms with Gasteiger partial charge >= 0.3 is 24.3 Å². The van der Waals surface area contributed by atoms with Crippen LogP contribution < -0.4 is 21.8 Å². The normalized spacial score (nSPS) is 14.7. The molecule has 0 saturated carbocycles. The van der Waals surface area contributed by atoms with Crippen molar-refractivity contribution in [1.82, 2.24) is 29.9 Å². The number of ether oxygens (including phenoxy) is 1. The third kappa shape index (κ3) is 17.5. The number of halogens is 6. The summed E-state index contributed by atoms with van der Waals surface area (Å²) in [6.07, 6.45) is -14.1. The molecular weight excluding hydrogens is 969 g/mol. The van der Waals surface area contributed by atoms with Crippen molar-refractivity contribution in [1.29, 1.82) is 5.26 Å². The lowest BCUT2D eigenvalue weighted by atomic mass is 9.95. The van der Waals surface area contributed by atoms with Crippen LogP contribution in [0, 0.1) is 23.2 Å². The van der Waals surface area contributed by atoms with Crippen molar-refractivity contribution in [3.63, 3.8) is 0 Å². The van der Waals surface area contributed by atoms with E-state index in [-0.39, 0.29) is 38.0 Å². The Labute approximate surface area is 421 Å². The zero-order chi connectivity index (χ0) is 55.3. The van der Waals surface area contributed by atoms with Gasteiger partial charge in [-0.1, -0.05) is 75.6 Å². The number of alkyl halides is 6. The molecule has 0 saturated heterocycles. The number of carboxylic acids is 1. The molecule has 3 rings (SSSR count). The van der Waals surface area contributed by atoms with Crippen molar-refractivity contribution >= 4 is 65.7 Å². The smallest absolute Gasteiger partial charge is 0.412 e. The van der Waals surface area contributed by atoms with E-state index >= 15 is 0 Å². The number of carbonyl (C=O) groups excluding carboxylic acids is 6. The number of nitrogens with zero attached hydrogens (tertiary/aromatic N) is 5. The standard InChI is InChI=1S/C49H65BF6N8O9/c1-27(2)22-35(44(68)61(6)29(5)47(72)73-39(46(70)71)14-11-21-57)60-42(66)38(24-31-26-64(36-13-10-9-12-33(31)36)25-30-15-17-32(50)18-16-30)62(7)43(67)34(19-20-48(51,52)53)59-41(65)37(23-28(3)4)63(8)45(69)40(58)49(54,55)56/h9-10,12-13,15-18,26-29,34-35,37-40H,11,14,19-20,22-25,50,58H2,1-8H3,(H,59,65)(H,60,66)(H,70,71)/t29-,34-,35-,37-,38-,39+,40+/m0/s1. The van der Waals surface area contributed by atoms with Crippen LogP contribution in [0.4, 0.5) is 26.3 Å². The molecule has 0 aliphatic carbocycles. The lowest BCUT2D eigenvalue weighted by Crippen LogP contribution is -2.61. The third-order valence-corrected chi connectivity index (χ3v) is 12.3. The second kappa shape index (κ2) is 26.4. The summed E-state index contributed by atoms with van der Waals surface area (Å²) in [6, 6.07) is 5.13. The number of rotatable bonds is 25. The fourth-order valence-electron chi connectivity index (χ4n) is 7.98. The van der Waals surface area contributed by atoms with Crippen molar-refractivity contribution in [2.45, 2.75) is 141 Å². The monoisotopic (exact) mass is 1030 g/mol. The SMILES string of the molecule is Bc1ccc(Cn2cc(C[C@@H](C(=O)N[C@@H](CC(C)C)C(=O)N(C)[C@@H](C)C(=O)O[C@H](CCC#N)C(=O)O)N(C)C(=O)[C@H](CCC(F)(F)F)NC(=O)[C@H](CC(C)C)N(C)C(=O)[C@@H](N)C(F)(F)F)c3ccccc32)cc1. The van der Waals surface area contributed by atoms with E-state index < -0.39 is 115 Å². The van der Waals surface area contributed by atoms with E-state index in [1.807, 2.05) is 42.7 Å². The maximum atomic E-state index is 14.9. The number of para-hydroxylation sites is 1. The van der Waals surface area contributed by atoms with Crippen molar-refractivity contribution in [2.75, 3.05) is 21.1 Å². The zero-order valence-corrected chi connectivity index (χ0v) is 42.3. The van der Waals surface area contributed by atoms with Gasteiger partial charge < -0.3 is 45.5 Å². The number of nitrogens with two attached hydrogens (primary N) is 1. The van der Waals surface area contributed by atoms with Gasteiger partial charge in [0.1, 0.15) is 38.1 Å². The number of aliphatic carboxylic acids is 1. The molecular formula is C49H65BF6N8O9. The van der Waals surface area contributed by atoms with Crippen LogP contribution in [0.15, 0.2) is 54.7 Å². The molecule has 2 aromatic carbocycles. The number of hydrogen-bond acceptors (Lipinski definition) is 10. The summed E-state index contributed by atoms with van der Waals surface area (Å²) >= 11 is 0. The molecule has 0 radical (unpaired) electrons. The molecule has 7 atom stereocenters. The van der Waals surface area contributed by atoms with Crippen LogP contribution in [0.3, 0.4) is 0 Å². The van der Waals surface area contributed by atoms with Crippen molar-refractivity contribution in [2.24, 2.45) is 17.6 Å². The van der Waals surface area contributed by atoms with E-state index in [1.165, 1.54) is 14.0 Å². The fraction of sp³-hybridized carbons (Fsp3) is 0.551. The number of carbonyl (C=O) groups is 7. The Kier molecular flexibility index (Phi) is 21.9. The Morgan fingerprint density at radius 2 is 1.33 bits per heavy atom. The first-order chi connectivity index (χ1) is 33.9. The van der Waals surface area contributed by atoms with Crippen LogP contribution in [-0.2, 0) is 51.3 Å². The zero-order valence-electron chi connectivity index (χ0n) is 42.3. The summed E-state index contributed by atoms with van der Waals surface area (Å²) in [5.74, 6) is -9.54. The molecule has 0 spiro atoms. The molecule has 5 N–H and O–H groups in total. The minimum Gasteiger partial charge on any atom is -0.479 e. The average Bonchev–Trinajstić information content (AvgIpc) is 3.66. The van der Waals surface area contributed by atoms with Gasteiger partial charge in [0.2, 0.25) is 29.5 Å². The highest BCUT2D eigenvalue weighted by molar-refractivity contribution is 6.32. The van der Waals surface area contributed by atoms with Gasteiger partial charge in [-0.3, -0.25) is 24.0 Å². The van der Waals surface area contributed by atoms with E-state index in [1.54, 1.807) is 58.2 Å². The van der Waals surface area contributed by atoms with Gasteiger partial charge in [0.15, 0.2) is 12.1 Å². The van der Waals surface area contributed by atoms with Gasteiger partial charge in [-0.15, -0.1) is 0 Å². The minimum absolute atomic E-state index is 0.0669. The van der Waals surface area contributed by atoms with Gasteiger partial charge in [0.25, 0.3) is 0 Å². The lowest BCUT2D eigenvalue weighted by Gasteiger charge is -2.35. The van der Waals surface area contributed by atoms with Crippen molar-refractivity contribution in [3.8, 4) is 6.07 Å². The predicted molar refractivity (Wildman–Crippen MR) is 259 cm³/mol. The van der Waals surface area contributed by atoms with Crippen molar-refractivity contribution < 1.29 is 69.7 Å². The molecule has 5 amide bonds. The Bertz CT molecular complexity index is 2460. The highest BCUT2D eigenvalue weighted by Crippen LogP contribution is 2.28. The van der Waals surface area contributed by atoms with Gasteiger partial charge in [-0.2, -0.15) is 31.6 Å². The number of benzene rings is 2. The Morgan fingerprint density at radius 1 is 0.781 bits per heavy atom. The summed E-state index contributed by atoms with van der Waals surface area (Å²) < 4.78 is 89.5. The Morgan fingerprint density at radius 3 is 1.88 bits per heavy atom. The number of nitrogens with one attached hydrogen (secondary N) is 2. The maximum absolute atomic E-state index is 14.9. The summed E-state index contributed by atoms with van der Waals surface area (Å²) in [4.78, 5) is 98.0. The number of hydrogen-bond donors (Lipinski definition) is 4. The predicted octanol–water partition coefficient (Wildman–Crippen LogP) is 3.59. The van der Waals surface area contributed by atoms with Crippen LogP contribution in [-0.4, -0.2) is 150 Å². The van der Waals surface area contributed by atoms with Gasteiger partial charge in [-0.25, -0.2) is 9.59 Å². The van der Waals surface area contributed by atoms with E-state index in [0.29, 0.717) is 27.9 Å². The summed E-state index contributed by atoms with van der Waals surface area (Å²) in [6.45, 7) is 8.17. The number of nitriles is 1. The number of carboxylic acid groups (broad SMARTS) is 1. The molecule has 1 aromatic heterocycles. The van der Waals surface area contributed by atoms with E-state index in [9.17, 15) is 65.0 Å². The van der Waals surface area contributed by atoms with Crippen LogP contribution >= 0.6 is 0 Å². The maximum Gasteiger partial charge on any atom is 0.412 e. The van der Waals surface area contributed by atoms with Crippen LogP contribution in [0.5, 0.6) is 0 Å². The van der Waals surface area contributed by atoms with E-state index in [0.717, 1.165) is 34.9 Å². The first kappa shape index (κ1) is 60.7. The molecule has 3 aromatic rings. The highest BCUT2D eigenvalue weighted by Gasteiger charge is 2.46. The van der Waals surface area contributed by atoms with Gasteiger partial charge in [0, 0.05) is 70.5 Å². The summed E-state index contributed by atoms with van der Waals surface area (Å²) in [5.41, 5.74) is 8.27. The number of fused-ring (bicyclic) bond motifs is 1. The molecule has 0 unspecified atom stereocenters. The number of amides is 5. The third-order valence-electron chi connectivity index (χ3n) is 12.3. The fourth-order valence-corrected chi connectivity index (χ4v) is 7.98. The van der Waals surface area contributed by atoms with Crippen LogP contribution in [0.2, 0.25) is 0 Å².